The molecule has 0 saturated heterocycles. The number of hydrogen-bond acceptors (Lipinski definition) is 5. The Hall–Kier alpha value is -3.68. The van der Waals surface area contributed by atoms with E-state index >= 15 is 0 Å². The summed E-state index contributed by atoms with van der Waals surface area (Å²) in [6.07, 6.45) is -1.30. The Kier molecular flexibility index (Phi) is 6.95. The number of fused-ring (bicyclic) bond motifs is 1. The second-order valence-electron chi connectivity index (χ2n) is 7.36. The maximum Gasteiger partial charge on any atom is 0.360 e. The quantitative estimate of drug-likeness (QED) is 0.368. The number of aryl methyl sites for hydroxylation is 1. The highest BCUT2D eigenvalue weighted by atomic mass is 35.5. The molecule has 0 saturated carbocycles. The van der Waals surface area contributed by atoms with Crippen LogP contribution in [0.5, 0.6) is 0 Å². The first-order valence-electron chi connectivity index (χ1n) is 10.4. The smallest absolute Gasteiger partial charge is 0.360 e. The van der Waals surface area contributed by atoms with Gasteiger partial charge in [0.2, 0.25) is 6.10 Å². The summed E-state index contributed by atoms with van der Waals surface area (Å²) >= 11 is 12.1. The van der Waals surface area contributed by atoms with Crippen molar-refractivity contribution in [3.05, 3.63) is 104 Å². The van der Waals surface area contributed by atoms with Crippen molar-refractivity contribution in [3.8, 4) is 0 Å². The molecule has 3 aromatic carbocycles. The third kappa shape index (κ3) is 4.95. The van der Waals surface area contributed by atoms with Gasteiger partial charge in [0.1, 0.15) is 0 Å². The molecule has 0 aliphatic carbocycles. The van der Waals surface area contributed by atoms with Crippen LogP contribution in [0.25, 0.3) is 10.8 Å². The molecule has 1 heterocycles. The average molecular weight is 496 g/mol. The molecule has 1 aromatic heterocycles. The topological polar surface area (TPSA) is 90.3 Å². The van der Waals surface area contributed by atoms with Gasteiger partial charge >= 0.3 is 5.97 Å². The summed E-state index contributed by atoms with van der Waals surface area (Å²) in [7, 11) is 0. The largest absolute Gasteiger partial charge is 0.442 e. The zero-order chi connectivity index (χ0) is 24.2. The zero-order valence-corrected chi connectivity index (χ0v) is 19.5. The van der Waals surface area contributed by atoms with E-state index in [0.29, 0.717) is 32.1 Å². The van der Waals surface area contributed by atoms with Gasteiger partial charge in [-0.3, -0.25) is 9.59 Å². The molecule has 7 nitrogen and oxygen atoms in total. The predicted molar refractivity (Wildman–Crippen MR) is 131 cm³/mol. The van der Waals surface area contributed by atoms with Gasteiger partial charge in [0, 0.05) is 33.2 Å². The number of anilines is 1. The minimum absolute atomic E-state index is 0.0587. The fourth-order valence-corrected chi connectivity index (χ4v) is 4.02. The number of carbonyl (C=O) groups is 2. The molecule has 4 rings (SSSR count). The first-order valence-corrected chi connectivity index (χ1v) is 11.2. The lowest BCUT2D eigenvalue weighted by atomic mass is 10.1. The summed E-state index contributed by atoms with van der Waals surface area (Å²) in [4.78, 5) is 39.1. The molecule has 1 atom stereocenters. The number of carbonyl (C=O) groups excluding carboxylic acids is 2. The van der Waals surface area contributed by atoms with E-state index < -0.39 is 18.0 Å². The second kappa shape index (κ2) is 10.1. The molecule has 0 radical (unpaired) electrons. The SMILES string of the molecule is CCn1nc(C(=O)O[C@H](C(=O)Nc2cc(Cl)cc(Cl)c2)c2ccccc2)c2ccccc2c1=O. The van der Waals surface area contributed by atoms with E-state index in [-0.39, 0.29) is 17.8 Å². The van der Waals surface area contributed by atoms with E-state index in [1.54, 1.807) is 61.5 Å². The maximum absolute atomic E-state index is 13.3. The minimum atomic E-state index is -1.30. The van der Waals surface area contributed by atoms with E-state index in [9.17, 15) is 14.4 Å². The zero-order valence-electron chi connectivity index (χ0n) is 18.0. The van der Waals surface area contributed by atoms with Crippen molar-refractivity contribution in [2.45, 2.75) is 19.6 Å². The summed E-state index contributed by atoms with van der Waals surface area (Å²) in [5, 5.41) is 8.24. The standard InChI is InChI=1S/C25H19Cl2N3O4/c1-2-30-24(32)20-11-7-6-10-19(20)21(29-30)25(33)34-22(15-8-4-3-5-9-15)23(31)28-18-13-16(26)12-17(27)14-18/h3-14,22H,2H2,1H3,(H,28,31)/t22-/m0/s1. The van der Waals surface area contributed by atoms with E-state index in [2.05, 4.69) is 10.4 Å². The van der Waals surface area contributed by atoms with Crippen LogP contribution in [-0.2, 0) is 16.1 Å². The molecule has 1 amide bonds. The number of aromatic nitrogens is 2. The molecule has 0 bridgehead atoms. The summed E-state index contributed by atoms with van der Waals surface area (Å²) in [5.74, 6) is -1.45. The number of nitrogens with zero attached hydrogens (tertiary/aromatic N) is 2. The fraction of sp³-hybridized carbons (Fsp3) is 0.120. The molecular formula is C25H19Cl2N3O4. The van der Waals surface area contributed by atoms with Gasteiger partial charge in [0.05, 0.1) is 5.39 Å². The molecule has 0 aliphatic heterocycles. The second-order valence-corrected chi connectivity index (χ2v) is 8.23. The Morgan fingerprint density at radius 2 is 1.59 bits per heavy atom. The van der Waals surface area contributed by atoms with Crippen LogP contribution in [0.4, 0.5) is 5.69 Å². The van der Waals surface area contributed by atoms with E-state index in [0.717, 1.165) is 0 Å². The van der Waals surface area contributed by atoms with Crippen molar-refractivity contribution in [3.63, 3.8) is 0 Å². The molecule has 0 aliphatic rings. The monoisotopic (exact) mass is 495 g/mol. The molecule has 0 unspecified atom stereocenters. The number of benzene rings is 3. The molecule has 4 aromatic rings. The highest BCUT2D eigenvalue weighted by Crippen LogP contribution is 2.26. The lowest BCUT2D eigenvalue weighted by Crippen LogP contribution is -2.29. The number of hydrogen-bond donors (Lipinski definition) is 1. The van der Waals surface area contributed by atoms with Crippen LogP contribution >= 0.6 is 23.2 Å². The summed E-state index contributed by atoms with van der Waals surface area (Å²) in [6, 6.07) is 19.8. The maximum atomic E-state index is 13.3. The van der Waals surface area contributed by atoms with Gasteiger partial charge in [0.15, 0.2) is 5.69 Å². The van der Waals surface area contributed by atoms with Crippen LogP contribution in [0.2, 0.25) is 10.0 Å². The van der Waals surface area contributed by atoms with Gasteiger partial charge < -0.3 is 10.1 Å². The average Bonchev–Trinajstić information content (AvgIpc) is 2.82. The van der Waals surface area contributed by atoms with Gasteiger partial charge in [-0.05, 0) is 31.2 Å². The lowest BCUT2D eigenvalue weighted by molar-refractivity contribution is -0.125. The van der Waals surface area contributed by atoms with Gasteiger partial charge in [-0.25, -0.2) is 9.48 Å². The van der Waals surface area contributed by atoms with Crippen LogP contribution in [0.3, 0.4) is 0 Å². The van der Waals surface area contributed by atoms with E-state index in [1.807, 2.05) is 0 Å². The van der Waals surface area contributed by atoms with Crippen LogP contribution < -0.4 is 10.9 Å². The van der Waals surface area contributed by atoms with Crippen molar-refractivity contribution in [2.24, 2.45) is 0 Å². The summed E-state index contributed by atoms with van der Waals surface area (Å²) in [6.45, 7) is 2.01. The molecule has 34 heavy (non-hydrogen) atoms. The Bertz CT molecular complexity index is 1420. The van der Waals surface area contributed by atoms with Crippen LogP contribution in [-0.4, -0.2) is 21.7 Å². The van der Waals surface area contributed by atoms with Crippen molar-refractivity contribution >= 4 is 51.5 Å². The van der Waals surface area contributed by atoms with Crippen molar-refractivity contribution in [1.82, 2.24) is 9.78 Å². The highest BCUT2D eigenvalue weighted by molar-refractivity contribution is 6.35. The summed E-state index contributed by atoms with van der Waals surface area (Å²) in [5.41, 5.74) is 0.429. The van der Waals surface area contributed by atoms with Gasteiger partial charge in [-0.15, -0.1) is 0 Å². The molecule has 9 heteroatoms. The molecular weight excluding hydrogens is 477 g/mol. The number of esters is 1. The molecule has 172 valence electrons. The third-order valence-corrected chi connectivity index (χ3v) is 5.49. The van der Waals surface area contributed by atoms with Gasteiger partial charge in [-0.1, -0.05) is 71.7 Å². The van der Waals surface area contributed by atoms with Crippen molar-refractivity contribution in [1.29, 1.82) is 0 Å². The minimum Gasteiger partial charge on any atom is -0.442 e. The number of halogens is 2. The number of nitrogens with one attached hydrogen (secondary N) is 1. The highest BCUT2D eigenvalue weighted by Gasteiger charge is 2.28. The third-order valence-electron chi connectivity index (χ3n) is 5.06. The summed E-state index contributed by atoms with van der Waals surface area (Å²) < 4.78 is 6.85. The Morgan fingerprint density at radius 1 is 0.971 bits per heavy atom. The number of amides is 1. The molecule has 1 N–H and O–H groups in total. The normalized spacial score (nSPS) is 11.7. The Morgan fingerprint density at radius 3 is 2.24 bits per heavy atom. The van der Waals surface area contributed by atoms with Crippen molar-refractivity contribution < 1.29 is 14.3 Å². The predicted octanol–water partition coefficient (Wildman–Crippen LogP) is 5.26. The van der Waals surface area contributed by atoms with Crippen LogP contribution in [0.15, 0.2) is 77.6 Å². The lowest BCUT2D eigenvalue weighted by Gasteiger charge is -2.19. The van der Waals surface area contributed by atoms with Crippen molar-refractivity contribution in [2.75, 3.05) is 5.32 Å². The number of ether oxygens (including phenoxy) is 1. The van der Waals surface area contributed by atoms with Gasteiger partial charge in [0.25, 0.3) is 11.5 Å². The van der Waals surface area contributed by atoms with E-state index in [4.69, 9.17) is 27.9 Å². The number of rotatable bonds is 6. The molecule has 0 spiro atoms. The molecule has 0 fully saturated rings. The Labute approximate surface area is 204 Å². The van der Waals surface area contributed by atoms with Crippen LogP contribution in [0, 0.1) is 0 Å². The first kappa shape index (κ1) is 23.5. The van der Waals surface area contributed by atoms with E-state index in [1.165, 1.54) is 22.9 Å². The first-order chi connectivity index (χ1) is 16.4. The van der Waals surface area contributed by atoms with Gasteiger partial charge in [-0.2, -0.15) is 5.10 Å². The Balaban J connectivity index is 1.72. The van der Waals surface area contributed by atoms with Crippen LogP contribution in [0.1, 0.15) is 29.1 Å². The fourth-order valence-electron chi connectivity index (χ4n) is 3.50.